The Morgan fingerprint density at radius 2 is 1.73 bits per heavy atom. The topological polar surface area (TPSA) is 67.9 Å². The highest BCUT2D eigenvalue weighted by Gasteiger charge is 2.21. The van der Waals surface area contributed by atoms with E-state index >= 15 is 0 Å². The molecule has 1 heterocycles. The van der Waals surface area contributed by atoms with Crippen LogP contribution in [-0.4, -0.2) is 32.6 Å². The summed E-state index contributed by atoms with van der Waals surface area (Å²) < 4.78 is 10.6. The number of anilines is 2. The first-order chi connectivity index (χ1) is 12.5. The van der Waals surface area contributed by atoms with E-state index in [1.807, 2.05) is 13.0 Å². The van der Waals surface area contributed by atoms with Gasteiger partial charge in [0.1, 0.15) is 0 Å². The average Bonchev–Trinajstić information content (AvgIpc) is 3.09. The average molecular weight is 354 g/mol. The van der Waals surface area contributed by atoms with E-state index < -0.39 is 0 Å². The molecule has 0 unspecified atom stereocenters. The lowest BCUT2D eigenvalue weighted by Crippen LogP contribution is -2.23. The van der Waals surface area contributed by atoms with E-state index in [2.05, 4.69) is 5.32 Å². The number of hydrogen-bond acceptors (Lipinski definition) is 4. The zero-order valence-corrected chi connectivity index (χ0v) is 15.2. The Hall–Kier alpha value is -3.02. The third-order valence-corrected chi connectivity index (χ3v) is 4.49. The van der Waals surface area contributed by atoms with Crippen molar-refractivity contribution >= 4 is 23.2 Å². The van der Waals surface area contributed by atoms with Crippen LogP contribution in [0.25, 0.3) is 0 Å². The quantitative estimate of drug-likeness (QED) is 0.894. The fourth-order valence-electron chi connectivity index (χ4n) is 3.02. The van der Waals surface area contributed by atoms with Crippen molar-refractivity contribution in [1.82, 2.24) is 0 Å². The molecule has 1 saturated heterocycles. The Morgan fingerprint density at radius 3 is 2.31 bits per heavy atom. The second-order valence-electron chi connectivity index (χ2n) is 6.17. The summed E-state index contributed by atoms with van der Waals surface area (Å²) in [6.07, 6.45) is 1.46. The molecule has 6 heteroatoms. The first-order valence-corrected chi connectivity index (χ1v) is 8.48. The summed E-state index contributed by atoms with van der Waals surface area (Å²) in [6.45, 7) is 2.62. The van der Waals surface area contributed by atoms with Crippen molar-refractivity contribution in [3.05, 3.63) is 47.5 Å². The molecule has 0 saturated carbocycles. The second kappa shape index (κ2) is 7.47. The number of carbonyl (C=O) groups excluding carboxylic acids is 2. The minimum Gasteiger partial charge on any atom is -0.493 e. The Bertz CT molecular complexity index is 830. The standard InChI is InChI=1S/C20H22N2O4/c1-13-11-17(25-2)18(26-3)12-16(13)21-20(24)14-6-8-15(9-7-14)22-10-4-5-19(22)23/h6-9,11-12H,4-5,10H2,1-3H3,(H,21,24). The summed E-state index contributed by atoms with van der Waals surface area (Å²) in [6, 6.07) is 10.6. The largest absolute Gasteiger partial charge is 0.493 e. The van der Waals surface area contributed by atoms with Crippen LogP contribution >= 0.6 is 0 Å². The van der Waals surface area contributed by atoms with Gasteiger partial charge < -0.3 is 19.7 Å². The molecule has 1 N–H and O–H groups in total. The number of carbonyl (C=O) groups is 2. The molecule has 1 aliphatic rings. The van der Waals surface area contributed by atoms with Crippen LogP contribution in [0.1, 0.15) is 28.8 Å². The molecule has 0 spiro atoms. The molecule has 2 aromatic carbocycles. The molecule has 2 aromatic rings. The normalized spacial score (nSPS) is 13.7. The van der Waals surface area contributed by atoms with Crippen LogP contribution in [0.5, 0.6) is 11.5 Å². The van der Waals surface area contributed by atoms with Gasteiger partial charge in [-0.25, -0.2) is 0 Å². The smallest absolute Gasteiger partial charge is 0.255 e. The molecule has 2 amide bonds. The monoisotopic (exact) mass is 354 g/mol. The molecule has 26 heavy (non-hydrogen) atoms. The van der Waals surface area contributed by atoms with E-state index in [0.717, 1.165) is 24.2 Å². The molecule has 1 fully saturated rings. The Kier molecular flexibility index (Phi) is 5.11. The number of hydrogen-bond donors (Lipinski definition) is 1. The van der Waals surface area contributed by atoms with Gasteiger partial charge in [0.25, 0.3) is 5.91 Å². The second-order valence-corrected chi connectivity index (χ2v) is 6.17. The van der Waals surface area contributed by atoms with Gasteiger partial charge in [-0.2, -0.15) is 0 Å². The van der Waals surface area contributed by atoms with E-state index in [4.69, 9.17) is 9.47 Å². The van der Waals surface area contributed by atoms with Crippen molar-refractivity contribution in [1.29, 1.82) is 0 Å². The summed E-state index contributed by atoms with van der Waals surface area (Å²) in [5, 5.41) is 2.90. The zero-order valence-electron chi connectivity index (χ0n) is 15.2. The fraction of sp³-hybridized carbons (Fsp3) is 0.300. The molecular weight excluding hydrogens is 332 g/mol. The number of nitrogens with zero attached hydrogens (tertiary/aromatic N) is 1. The van der Waals surface area contributed by atoms with Crippen molar-refractivity contribution in [2.45, 2.75) is 19.8 Å². The highest BCUT2D eigenvalue weighted by atomic mass is 16.5. The molecule has 0 atom stereocenters. The lowest BCUT2D eigenvalue weighted by Gasteiger charge is -2.16. The van der Waals surface area contributed by atoms with E-state index in [1.54, 1.807) is 49.5 Å². The van der Waals surface area contributed by atoms with Crippen LogP contribution in [0.2, 0.25) is 0 Å². The van der Waals surface area contributed by atoms with Crippen molar-refractivity contribution in [3.63, 3.8) is 0 Å². The first-order valence-electron chi connectivity index (χ1n) is 8.48. The van der Waals surface area contributed by atoms with E-state index in [1.165, 1.54) is 0 Å². The number of amides is 2. The predicted octanol–water partition coefficient (Wildman–Crippen LogP) is 3.39. The van der Waals surface area contributed by atoms with Gasteiger partial charge in [0.05, 0.1) is 14.2 Å². The maximum absolute atomic E-state index is 12.6. The minimum atomic E-state index is -0.223. The van der Waals surface area contributed by atoms with Crippen molar-refractivity contribution in [2.75, 3.05) is 31.0 Å². The van der Waals surface area contributed by atoms with Crippen LogP contribution in [0.15, 0.2) is 36.4 Å². The van der Waals surface area contributed by atoms with E-state index in [-0.39, 0.29) is 11.8 Å². The molecule has 3 rings (SSSR count). The highest BCUT2D eigenvalue weighted by molar-refractivity contribution is 6.05. The third-order valence-electron chi connectivity index (χ3n) is 4.49. The number of methoxy groups -OCH3 is 2. The van der Waals surface area contributed by atoms with Gasteiger partial charge >= 0.3 is 0 Å². The van der Waals surface area contributed by atoms with E-state index in [0.29, 0.717) is 29.2 Å². The molecule has 1 aliphatic heterocycles. The molecule has 0 aromatic heterocycles. The van der Waals surface area contributed by atoms with Crippen LogP contribution < -0.4 is 19.7 Å². The van der Waals surface area contributed by atoms with Gasteiger partial charge in [-0.1, -0.05) is 0 Å². The van der Waals surface area contributed by atoms with Crippen molar-refractivity contribution < 1.29 is 19.1 Å². The Labute approximate surface area is 152 Å². The number of nitrogens with one attached hydrogen (secondary N) is 1. The molecule has 0 bridgehead atoms. The maximum Gasteiger partial charge on any atom is 0.255 e. The van der Waals surface area contributed by atoms with Crippen molar-refractivity contribution in [3.8, 4) is 11.5 Å². The number of ether oxygens (including phenoxy) is 2. The van der Waals surface area contributed by atoms with Gasteiger partial charge in [0, 0.05) is 36.0 Å². The molecular formula is C20H22N2O4. The lowest BCUT2D eigenvalue weighted by atomic mass is 10.1. The summed E-state index contributed by atoms with van der Waals surface area (Å²) in [5.74, 6) is 1.07. The molecule has 136 valence electrons. The summed E-state index contributed by atoms with van der Waals surface area (Å²) >= 11 is 0. The van der Waals surface area contributed by atoms with E-state index in [9.17, 15) is 9.59 Å². The summed E-state index contributed by atoms with van der Waals surface area (Å²) in [4.78, 5) is 26.1. The number of benzene rings is 2. The van der Waals surface area contributed by atoms with Crippen LogP contribution in [0.3, 0.4) is 0 Å². The highest BCUT2D eigenvalue weighted by Crippen LogP contribution is 2.33. The van der Waals surface area contributed by atoms with Crippen molar-refractivity contribution in [2.24, 2.45) is 0 Å². The Morgan fingerprint density at radius 1 is 1.08 bits per heavy atom. The van der Waals surface area contributed by atoms with Gasteiger partial charge in [-0.05, 0) is 49.2 Å². The van der Waals surface area contributed by atoms with Crippen LogP contribution in [0, 0.1) is 6.92 Å². The first kappa shape index (κ1) is 17.8. The van der Waals surface area contributed by atoms with Crippen LogP contribution in [0.4, 0.5) is 11.4 Å². The lowest BCUT2D eigenvalue weighted by molar-refractivity contribution is -0.117. The summed E-state index contributed by atoms with van der Waals surface area (Å²) in [7, 11) is 3.12. The molecule has 0 radical (unpaired) electrons. The predicted molar refractivity (Wildman–Crippen MR) is 100 cm³/mol. The molecule has 6 nitrogen and oxygen atoms in total. The van der Waals surface area contributed by atoms with Gasteiger partial charge in [-0.3, -0.25) is 9.59 Å². The Balaban J connectivity index is 1.77. The maximum atomic E-state index is 12.6. The zero-order chi connectivity index (χ0) is 18.7. The fourth-order valence-corrected chi connectivity index (χ4v) is 3.02. The van der Waals surface area contributed by atoms with Crippen LogP contribution in [-0.2, 0) is 4.79 Å². The number of aryl methyl sites for hydroxylation is 1. The number of rotatable bonds is 5. The minimum absolute atomic E-state index is 0.128. The van der Waals surface area contributed by atoms with Gasteiger partial charge in [0.2, 0.25) is 5.91 Å². The van der Waals surface area contributed by atoms with Gasteiger partial charge in [-0.15, -0.1) is 0 Å². The SMILES string of the molecule is COc1cc(C)c(NC(=O)c2ccc(N3CCCC3=O)cc2)cc1OC. The summed E-state index contributed by atoms with van der Waals surface area (Å²) in [5.41, 5.74) is 2.88. The van der Waals surface area contributed by atoms with Gasteiger partial charge in [0.15, 0.2) is 11.5 Å². The third kappa shape index (κ3) is 3.49. The molecule has 0 aliphatic carbocycles.